The second-order valence-corrected chi connectivity index (χ2v) is 14.4. The van der Waals surface area contributed by atoms with Crippen molar-refractivity contribution in [3.05, 3.63) is 11.6 Å². The Morgan fingerprint density at radius 1 is 1.11 bits per heavy atom. The summed E-state index contributed by atoms with van der Waals surface area (Å²) in [6, 6.07) is 0. The lowest BCUT2D eigenvalue weighted by Gasteiger charge is -2.62. The summed E-state index contributed by atoms with van der Waals surface area (Å²) in [6.45, 7) is 15.3. The molecule has 0 spiro atoms. The normalized spacial score (nSPS) is 42.4. The molecular formula is C29H47O6P. The predicted molar refractivity (Wildman–Crippen MR) is 141 cm³/mol. The lowest BCUT2D eigenvalue weighted by atomic mass is 9.44. The fraction of sp³-hybridized carbons (Fsp3) is 0.862. The van der Waals surface area contributed by atoms with Gasteiger partial charge in [0.25, 0.3) is 0 Å². The number of fused-ring (bicyclic) bond motifs is 5. The fourth-order valence-corrected chi connectivity index (χ4v) is 10.4. The van der Waals surface area contributed by atoms with Gasteiger partial charge in [-0.2, -0.15) is 0 Å². The van der Waals surface area contributed by atoms with Crippen LogP contribution in [0.1, 0.15) is 93.4 Å². The zero-order valence-corrected chi connectivity index (χ0v) is 24.3. The Morgan fingerprint density at radius 3 is 2.39 bits per heavy atom. The molecule has 1 unspecified atom stereocenters. The van der Waals surface area contributed by atoms with Crippen LogP contribution in [0, 0.1) is 39.9 Å². The zero-order chi connectivity index (χ0) is 26.5. The standard InChI is InChI=1S/C29H47O6P/c1-8-25(31)29(7)19(4)15-23-22-12-11-20-16-21(30)13-14-27(20,5)26(22)24(17-28(23,29)6)33-18-36(32,34-9-2)35-10-3/h16,19,22-24,26H,8-15,17-18H2,1-7H3/t19-,22+,23+,24?,26-,27+,28+,29-/m1/s1. The summed E-state index contributed by atoms with van der Waals surface area (Å²) in [5.41, 5.74) is 0.519. The molecular weight excluding hydrogens is 475 g/mol. The van der Waals surface area contributed by atoms with E-state index in [0.717, 1.165) is 32.1 Å². The molecule has 0 radical (unpaired) electrons. The van der Waals surface area contributed by atoms with Crippen LogP contribution in [0.2, 0.25) is 0 Å². The average molecular weight is 523 g/mol. The van der Waals surface area contributed by atoms with Crippen LogP contribution < -0.4 is 0 Å². The van der Waals surface area contributed by atoms with Crippen molar-refractivity contribution in [3.63, 3.8) is 0 Å². The molecule has 204 valence electrons. The first kappa shape index (κ1) is 28.2. The van der Waals surface area contributed by atoms with Crippen LogP contribution in [0.3, 0.4) is 0 Å². The van der Waals surface area contributed by atoms with Gasteiger partial charge in [0, 0.05) is 18.3 Å². The molecule has 0 saturated heterocycles. The Hall–Kier alpha value is -0.810. The fourth-order valence-electron chi connectivity index (χ4n) is 9.02. The van der Waals surface area contributed by atoms with Gasteiger partial charge < -0.3 is 13.8 Å². The van der Waals surface area contributed by atoms with Gasteiger partial charge >= 0.3 is 7.60 Å². The summed E-state index contributed by atoms with van der Waals surface area (Å²) >= 11 is 0. The lowest BCUT2D eigenvalue weighted by molar-refractivity contribution is -0.169. The Balaban J connectivity index is 1.76. The van der Waals surface area contributed by atoms with E-state index in [1.807, 2.05) is 26.8 Å². The number of hydrogen-bond donors (Lipinski definition) is 0. The van der Waals surface area contributed by atoms with Crippen molar-refractivity contribution < 1.29 is 27.9 Å². The predicted octanol–water partition coefficient (Wildman–Crippen LogP) is 6.97. The highest BCUT2D eigenvalue weighted by Crippen LogP contribution is 2.72. The van der Waals surface area contributed by atoms with E-state index in [2.05, 4.69) is 27.7 Å². The molecule has 0 aliphatic heterocycles. The molecule has 4 aliphatic carbocycles. The maximum Gasteiger partial charge on any atom is 0.356 e. The van der Waals surface area contributed by atoms with Crippen LogP contribution >= 0.6 is 7.60 Å². The van der Waals surface area contributed by atoms with Crippen LogP contribution in [-0.2, 0) is 27.9 Å². The molecule has 0 amide bonds. The molecule has 8 atom stereocenters. The SMILES string of the molecule is CCOP(=O)(COC1C[C@@]2(C)[C@@H](C[C@@H](C)[C@]2(C)C(=O)CC)[C@@H]2CCC3=CC(=O)CC[C@]3(C)[C@@H]12)OCC. The molecule has 4 rings (SSSR count). The number of carbonyl (C=O) groups is 2. The van der Waals surface area contributed by atoms with Crippen molar-refractivity contribution in [2.24, 2.45) is 39.9 Å². The smallest absolute Gasteiger partial charge is 0.356 e. The molecule has 0 bridgehead atoms. The molecule has 36 heavy (non-hydrogen) atoms. The van der Waals surface area contributed by atoms with Gasteiger partial charge in [0.05, 0.1) is 19.3 Å². The Kier molecular flexibility index (Phi) is 7.88. The van der Waals surface area contributed by atoms with Crippen LogP contribution in [-0.4, -0.2) is 37.2 Å². The monoisotopic (exact) mass is 522 g/mol. The van der Waals surface area contributed by atoms with Crippen LogP contribution in [0.5, 0.6) is 0 Å². The summed E-state index contributed by atoms with van der Waals surface area (Å²) in [6.07, 6.45) is 7.33. The molecule has 3 fully saturated rings. The number of ketones is 2. The minimum absolute atomic E-state index is 0.0780. The maximum atomic E-state index is 13.5. The first-order chi connectivity index (χ1) is 16.9. The Morgan fingerprint density at radius 2 is 1.78 bits per heavy atom. The summed E-state index contributed by atoms with van der Waals surface area (Å²) in [7, 11) is -3.38. The molecule has 0 N–H and O–H groups in total. The van der Waals surface area contributed by atoms with E-state index in [4.69, 9.17) is 13.8 Å². The van der Waals surface area contributed by atoms with Crippen LogP contribution in [0.4, 0.5) is 0 Å². The summed E-state index contributed by atoms with van der Waals surface area (Å²) in [5.74, 6) is 1.92. The summed E-state index contributed by atoms with van der Waals surface area (Å²) in [4.78, 5) is 25.9. The van der Waals surface area contributed by atoms with Crippen molar-refractivity contribution >= 4 is 19.2 Å². The van der Waals surface area contributed by atoms with Gasteiger partial charge in [-0.3, -0.25) is 14.2 Å². The van der Waals surface area contributed by atoms with Crippen LogP contribution in [0.15, 0.2) is 11.6 Å². The summed E-state index contributed by atoms with van der Waals surface area (Å²) in [5, 5.41) is 0. The molecule has 0 aromatic heterocycles. The van der Waals surface area contributed by atoms with E-state index in [9.17, 15) is 14.2 Å². The summed E-state index contributed by atoms with van der Waals surface area (Å²) < 4.78 is 31.2. The van der Waals surface area contributed by atoms with Crippen molar-refractivity contribution in [1.82, 2.24) is 0 Å². The van der Waals surface area contributed by atoms with E-state index in [-0.39, 0.29) is 35.0 Å². The second kappa shape index (κ2) is 10.1. The number of ether oxygens (including phenoxy) is 1. The molecule has 0 heterocycles. The van der Waals surface area contributed by atoms with Crippen LogP contribution in [0.25, 0.3) is 0 Å². The molecule has 0 aromatic carbocycles. The van der Waals surface area contributed by atoms with E-state index in [0.29, 0.717) is 49.6 Å². The first-order valence-corrected chi connectivity index (χ1v) is 15.9. The number of allylic oxidation sites excluding steroid dienone is 1. The molecule has 7 heteroatoms. The highest BCUT2D eigenvalue weighted by molar-refractivity contribution is 7.53. The largest absolute Gasteiger partial charge is 0.365 e. The number of Topliss-reactive ketones (excluding diaryl/α,β-unsaturated/α-hetero) is 1. The Bertz CT molecular complexity index is 949. The molecule has 4 aliphatic rings. The highest BCUT2D eigenvalue weighted by atomic mass is 31.2. The van der Waals surface area contributed by atoms with Gasteiger partial charge in [0.2, 0.25) is 0 Å². The van der Waals surface area contributed by atoms with Gasteiger partial charge in [0.1, 0.15) is 12.1 Å². The minimum atomic E-state index is -3.38. The van der Waals surface area contributed by atoms with Crippen molar-refractivity contribution in [2.45, 2.75) is 99.5 Å². The highest BCUT2D eigenvalue weighted by Gasteiger charge is 2.69. The molecule has 6 nitrogen and oxygen atoms in total. The lowest BCUT2D eigenvalue weighted by Crippen LogP contribution is -2.59. The van der Waals surface area contributed by atoms with E-state index in [1.165, 1.54) is 5.57 Å². The van der Waals surface area contributed by atoms with E-state index >= 15 is 0 Å². The number of hydrogen-bond acceptors (Lipinski definition) is 6. The quantitative estimate of drug-likeness (QED) is 0.304. The van der Waals surface area contributed by atoms with Gasteiger partial charge in [-0.25, -0.2) is 0 Å². The molecule has 0 aromatic rings. The topological polar surface area (TPSA) is 78.9 Å². The van der Waals surface area contributed by atoms with Gasteiger partial charge in [-0.15, -0.1) is 0 Å². The number of carbonyl (C=O) groups excluding carboxylic acids is 2. The first-order valence-electron chi connectivity index (χ1n) is 14.2. The third kappa shape index (κ3) is 4.23. The van der Waals surface area contributed by atoms with Gasteiger partial charge in [-0.1, -0.05) is 40.2 Å². The van der Waals surface area contributed by atoms with E-state index in [1.54, 1.807) is 0 Å². The van der Waals surface area contributed by atoms with E-state index < -0.39 is 13.0 Å². The zero-order valence-electron chi connectivity index (χ0n) is 23.4. The number of rotatable bonds is 9. The van der Waals surface area contributed by atoms with Gasteiger partial charge in [-0.05, 0) is 86.5 Å². The van der Waals surface area contributed by atoms with Crippen molar-refractivity contribution in [3.8, 4) is 0 Å². The van der Waals surface area contributed by atoms with Crippen molar-refractivity contribution in [1.29, 1.82) is 0 Å². The molecule has 3 saturated carbocycles. The van der Waals surface area contributed by atoms with Gasteiger partial charge in [0.15, 0.2) is 5.78 Å². The minimum Gasteiger partial charge on any atom is -0.365 e. The van der Waals surface area contributed by atoms with Crippen molar-refractivity contribution in [2.75, 3.05) is 19.6 Å². The Labute approximate surface area is 217 Å². The second-order valence-electron chi connectivity index (χ2n) is 12.4. The average Bonchev–Trinajstić information content (AvgIpc) is 3.04. The maximum absolute atomic E-state index is 13.5. The third-order valence-corrected chi connectivity index (χ3v) is 12.8. The third-order valence-electron chi connectivity index (χ3n) is 11.0.